The lowest BCUT2D eigenvalue weighted by molar-refractivity contribution is 0.174. The Kier molecular flexibility index (Phi) is 3.42. The maximum atomic E-state index is 9.49. The van der Waals surface area contributed by atoms with E-state index in [4.69, 9.17) is 15.7 Å². The van der Waals surface area contributed by atoms with Gasteiger partial charge in [-0.1, -0.05) is 36.0 Å². The van der Waals surface area contributed by atoms with E-state index in [1.165, 1.54) is 0 Å². The lowest BCUT2D eigenvalue weighted by Gasteiger charge is -2.09. The predicted octanol–water partition coefficient (Wildman–Crippen LogP) is 0.491. The van der Waals surface area contributed by atoms with Crippen LogP contribution in [-0.4, -0.2) is 20.8 Å². The van der Waals surface area contributed by atoms with Crippen LogP contribution in [0.15, 0.2) is 24.3 Å². The zero-order valence-electron chi connectivity index (χ0n) is 6.90. The van der Waals surface area contributed by atoms with Gasteiger partial charge < -0.3 is 5.11 Å². The van der Waals surface area contributed by atoms with Crippen LogP contribution in [0.4, 0.5) is 0 Å². The highest BCUT2D eigenvalue weighted by molar-refractivity contribution is 6.32. The van der Waals surface area contributed by atoms with Gasteiger partial charge in [0.15, 0.2) is 0 Å². The van der Waals surface area contributed by atoms with Crippen LogP contribution in [-0.2, 0) is 0 Å². The quantitative estimate of drug-likeness (QED) is 0.631. The van der Waals surface area contributed by atoms with Gasteiger partial charge in [0.25, 0.3) is 0 Å². The molecule has 0 spiro atoms. The first-order valence-electron chi connectivity index (χ1n) is 3.97. The van der Waals surface area contributed by atoms with Crippen molar-refractivity contribution in [3.8, 4) is 0 Å². The van der Waals surface area contributed by atoms with Crippen molar-refractivity contribution in [2.75, 3.05) is 0 Å². The number of aliphatic hydroxyl groups is 1. The second kappa shape index (κ2) is 4.36. The molecule has 0 fully saturated rings. The van der Waals surface area contributed by atoms with Crippen molar-refractivity contribution in [1.82, 2.24) is 0 Å². The standard InChI is InChI=1S/C9H10B2O/c10-6-5-9(12)7-1-3-8(11)4-2-7/h1-4,9,12H,5-6H2. The maximum absolute atomic E-state index is 9.49. The van der Waals surface area contributed by atoms with E-state index in [-0.39, 0.29) is 0 Å². The fourth-order valence-electron chi connectivity index (χ4n) is 1.04. The van der Waals surface area contributed by atoms with E-state index >= 15 is 0 Å². The average Bonchev–Trinajstić information content (AvgIpc) is 2.06. The molecule has 0 bridgehead atoms. The Morgan fingerprint density at radius 2 is 1.83 bits per heavy atom. The van der Waals surface area contributed by atoms with E-state index < -0.39 is 6.10 Å². The van der Waals surface area contributed by atoms with Gasteiger partial charge in [0.1, 0.15) is 7.85 Å². The SMILES string of the molecule is [B]CCC(O)c1ccc([B])cc1. The monoisotopic (exact) mass is 156 g/mol. The molecule has 58 valence electrons. The predicted molar refractivity (Wildman–Crippen MR) is 52.0 cm³/mol. The molecular weight excluding hydrogens is 146 g/mol. The summed E-state index contributed by atoms with van der Waals surface area (Å²) in [5.74, 6) is 0. The number of aliphatic hydroxyl groups excluding tert-OH is 1. The lowest BCUT2D eigenvalue weighted by atomic mass is 9.91. The molecule has 3 heteroatoms. The summed E-state index contributed by atoms with van der Waals surface area (Å²) in [6.07, 6.45) is 0.616. The Labute approximate surface area is 75.6 Å². The van der Waals surface area contributed by atoms with Crippen LogP contribution in [0, 0.1) is 0 Å². The summed E-state index contributed by atoms with van der Waals surface area (Å²) in [5, 5.41) is 9.49. The summed E-state index contributed by atoms with van der Waals surface area (Å²) in [4.78, 5) is 0. The lowest BCUT2D eigenvalue weighted by Crippen LogP contribution is -2.03. The molecule has 1 nitrogen and oxygen atoms in total. The van der Waals surface area contributed by atoms with Crippen LogP contribution in [0.1, 0.15) is 18.1 Å². The van der Waals surface area contributed by atoms with Gasteiger partial charge in [0.2, 0.25) is 0 Å². The number of benzene rings is 1. The molecule has 4 radical (unpaired) electrons. The molecule has 1 atom stereocenters. The summed E-state index contributed by atoms with van der Waals surface area (Å²) < 4.78 is 0. The van der Waals surface area contributed by atoms with Gasteiger partial charge in [-0.25, -0.2) is 0 Å². The van der Waals surface area contributed by atoms with E-state index in [0.29, 0.717) is 18.2 Å². The largest absolute Gasteiger partial charge is 0.388 e. The molecule has 1 unspecified atom stereocenters. The van der Waals surface area contributed by atoms with Crippen LogP contribution >= 0.6 is 0 Å². The molecule has 0 aromatic heterocycles. The zero-order valence-corrected chi connectivity index (χ0v) is 6.90. The van der Waals surface area contributed by atoms with Crippen molar-refractivity contribution in [1.29, 1.82) is 0 Å². The van der Waals surface area contributed by atoms with Gasteiger partial charge in [0, 0.05) is 0 Å². The van der Waals surface area contributed by atoms with E-state index in [2.05, 4.69) is 0 Å². The molecule has 12 heavy (non-hydrogen) atoms. The third kappa shape index (κ3) is 2.42. The van der Waals surface area contributed by atoms with Gasteiger partial charge in [-0.2, -0.15) is 0 Å². The summed E-state index contributed by atoms with van der Waals surface area (Å²) in [6.45, 7) is 0. The second-order valence-electron chi connectivity index (χ2n) is 2.76. The van der Waals surface area contributed by atoms with Gasteiger partial charge in [0.05, 0.1) is 14.0 Å². The fraction of sp³-hybridized carbons (Fsp3) is 0.333. The molecule has 0 aliphatic heterocycles. The first-order chi connectivity index (χ1) is 5.74. The van der Waals surface area contributed by atoms with Crippen molar-refractivity contribution in [2.45, 2.75) is 18.8 Å². The molecule has 0 saturated heterocycles. The second-order valence-corrected chi connectivity index (χ2v) is 2.76. The highest BCUT2D eigenvalue weighted by atomic mass is 16.3. The van der Waals surface area contributed by atoms with E-state index in [0.717, 1.165) is 5.56 Å². The third-order valence-electron chi connectivity index (χ3n) is 1.76. The molecule has 1 aromatic rings. The zero-order chi connectivity index (χ0) is 8.97. The average molecular weight is 156 g/mol. The van der Waals surface area contributed by atoms with Crippen LogP contribution in [0.5, 0.6) is 0 Å². The Hall–Kier alpha value is -0.690. The fourth-order valence-corrected chi connectivity index (χ4v) is 1.04. The summed E-state index contributed by atoms with van der Waals surface area (Å²) in [5.41, 5.74) is 1.58. The van der Waals surface area contributed by atoms with E-state index in [1.807, 2.05) is 12.1 Å². The molecule has 0 aliphatic rings. The minimum Gasteiger partial charge on any atom is -0.388 e. The van der Waals surface area contributed by atoms with E-state index in [9.17, 15) is 5.11 Å². The minimum atomic E-state index is -0.462. The van der Waals surface area contributed by atoms with Gasteiger partial charge in [-0.05, 0) is 12.0 Å². The molecule has 0 heterocycles. The molecule has 0 aliphatic carbocycles. The van der Waals surface area contributed by atoms with Crippen molar-refractivity contribution < 1.29 is 5.11 Å². The van der Waals surface area contributed by atoms with Crippen molar-refractivity contribution >= 4 is 21.2 Å². The first-order valence-corrected chi connectivity index (χ1v) is 3.97. The number of hydrogen-bond donors (Lipinski definition) is 1. The van der Waals surface area contributed by atoms with Crippen LogP contribution < -0.4 is 5.46 Å². The van der Waals surface area contributed by atoms with Crippen molar-refractivity contribution in [3.05, 3.63) is 29.8 Å². The van der Waals surface area contributed by atoms with Crippen LogP contribution in [0.25, 0.3) is 0 Å². The van der Waals surface area contributed by atoms with Gasteiger partial charge >= 0.3 is 0 Å². The molecule has 1 rings (SSSR count). The molecular formula is C9H10B2O. The molecule has 0 saturated carbocycles. The normalized spacial score (nSPS) is 12.8. The highest BCUT2D eigenvalue weighted by Gasteiger charge is 2.03. The third-order valence-corrected chi connectivity index (χ3v) is 1.76. The van der Waals surface area contributed by atoms with Gasteiger partial charge in [-0.15, -0.1) is 0 Å². The first kappa shape index (κ1) is 9.40. The van der Waals surface area contributed by atoms with Gasteiger partial charge in [-0.3, -0.25) is 0 Å². The smallest absolute Gasteiger partial charge is 0.113 e. The van der Waals surface area contributed by atoms with Crippen LogP contribution in [0.3, 0.4) is 0 Å². The molecule has 1 aromatic carbocycles. The molecule has 1 N–H and O–H groups in total. The van der Waals surface area contributed by atoms with Crippen LogP contribution in [0.2, 0.25) is 6.32 Å². The Bertz CT molecular complexity index is 233. The minimum absolute atomic E-state index is 0.462. The number of rotatable bonds is 3. The number of hydrogen-bond acceptors (Lipinski definition) is 1. The van der Waals surface area contributed by atoms with Crippen molar-refractivity contribution in [3.63, 3.8) is 0 Å². The van der Waals surface area contributed by atoms with E-state index in [1.54, 1.807) is 12.1 Å². The Morgan fingerprint density at radius 3 is 2.33 bits per heavy atom. The summed E-state index contributed by atoms with van der Waals surface area (Å²) in [7, 11) is 10.8. The topological polar surface area (TPSA) is 20.2 Å². The summed E-state index contributed by atoms with van der Waals surface area (Å²) >= 11 is 0. The maximum Gasteiger partial charge on any atom is 0.113 e. The molecule has 0 amide bonds. The Morgan fingerprint density at radius 1 is 1.25 bits per heavy atom. The van der Waals surface area contributed by atoms with Crippen molar-refractivity contribution in [2.24, 2.45) is 0 Å². The highest BCUT2D eigenvalue weighted by Crippen LogP contribution is 2.15. The summed E-state index contributed by atoms with van der Waals surface area (Å²) in [6, 6.07) is 7.18. The Balaban J connectivity index is 2.68.